The van der Waals surface area contributed by atoms with Gasteiger partial charge in [-0.3, -0.25) is 14.6 Å². The van der Waals surface area contributed by atoms with Crippen LogP contribution in [0.5, 0.6) is 0 Å². The molecule has 0 saturated heterocycles. The van der Waals surface area contributed by atoms with Crippen LogP contribution in [0, 0.1) is 6.92 Å². The third-order valence-electron chi connectivity index (χ3n) is 3.10. The van der Waals surface area contributed by atoms with Gasteiger partial charge < -0.3 is 14.3 Å². The molecule has 122 valence electrons. The first kappa shape index (κ1) is 15.6. The van der Waals surface area contributed by atoms with Crippen LogP contribution >= 0.6 is 0 Å². The molecule has 0 radical (unpaired) electrons. The van der Waals surface area contributed by atoms with E-state index in [0.717, 1.165) is 6.07 Å². The predicted octanol–water partition coefficient (Wildman–Crippen LogP) is 1.37. The van der Waals surface area contributed by atoms with E-state index in [-0.39, 0.29) is 17.7 Å². The summed E-state index contributed by atoms with van der Waals surface area (Å²) in [5.41, 5.74) is 0.332. The Bertz CT molecular complexity index is 902. The molecule has 8 nitrogen and oxygen atoms in total. The molecule has 24 heavy (non-hydrogen) atoms. The number of amides is 1. The van der Waals surface area contributed by atoms with Crippen LogP contribution in [0.25, 0.3) is 11.5 Å². The van der Waals surface area contributed by atoms with Crippen molar-refractivity contribution in [1.82, 2.24) is 20.4 Å². The molecule has 0 saturated carbocycles. The van der Waals surface area contributed by atoms with E-state index in [1.165, 1.54) is 6.07 Å². The average Bonchev–Trinajstić information content (AvgIpc) is 3.03. The minimum Gasteiger partial charge on any atom is -0.456 e. The van der Waals surface area contributed by atoms with Crippen LogP contribution in [-0.2, 0) is 6.42 Å². The van der Waals surface area contributed by atoms with Gasteiger partial charge in [-0.1, -0.05) is 11.2 Å². The largest absolute Gasteiger partial charge is 0.456 e. The molecule has 0 aliphatic carbocycles. The highest BCUT2D eigenvalue weighted by atomic mass is 16.5. The fourth-order valence-electron chi connectivity index (χ4n) is 2.04. The smallest absolute Gasteiger partial charge is 0.287 e. The summed E-state index contributed by atoms with van der Waals surface area (Å²) in [7, 11) is 0. The maximum absolute atomic E-state index is 11.9. The first-order chi connectivity index (χ1) is 11.6. The molecule has 0 spiro atoms. The van der Waals surface area contributed by atoms with Gasteiger partial charge >= 0.3 is 0 Å². The molecular formula is C16H14N4O4. The van der Waals surface area contributed by atoms with Crippen LogP contribution in [0.4, 0.5) is 0 Å². The normalized spacial score (nSPS) is 10.5. The fourth-order valence-corrected chi connectivity index (χ4v) is 2.04. The van der Waals surface area contributed by atoms with E-state index < -0.39 is 5.91 Å². The molecule has 8 heteroatoms. The number of aryl methyl sites for hydroxylation is 1. The summed E-state index contributed by atoms with van der Waals surface area (Å²) in [5.74, 6) is 0.646. The second kappa shape index (κ2) is 6.86. The van der Waals surface area contributed by atoms with Gasteiger partial charge in [-0.2, -0.15) is 4.98 Å². The highest BCUT2D eigenvalue weighted by molar-refractivity contribution is 5.91. The predicted molar refractivity (Wildman–Crippen MR) is 83.3 cm³/mol. The van der Waals surface area contributed by atoms with Crippen LogP contribution in [0.3, 0.4) is 0 Å². The molecule has 0 fully saturated rings. The van der Waals surface area contributed by atoms with E-state index >= 15 is 0 Å². The zero-order chi connectivity index (χ0) is 16.9. The van der Waals surface area contributed by atoms with Gasteiger partial charge in [0, 0.05) is 31.3 Å². The summed E-state index contributed by atoms with van der Waals surface area (Å²) in [5, 5.41) is 6.48. The Hall–Kier alpha value is -3.29. The molecule has 3 aromatic heterocycles. The van der Waals surface area contributed by atoms with Crippen LogP contribution in [0.1, 0.15) is 22.2 Å². The molecule has 0 aromatic carbocycles. The molecule has 3 aromatic rings. The third-order valence-corrected chi connectivity index (χ3v) is 3.10. The van der Waals surface area contributed by atoms with Gasteiger partial charge in [0.1, 0.15) is 11.5 Å². The highest BCUT2D eigenvalue weighted by Gasteiger charge is 2.12. The molecule has 0 bridgehead atoms. The van der Waals surface area contributed by atoms with Crippen molar-refractivity contribution in [2.75, 3.05) is 6.54 Å². The van der Waals surface area contributed by atoms with Gasteiger partial charge in [0.05, 0.1) is 0 Å². The lowest BCUT2D eigenvalue weighted by Gasteiger charge is -2.03. The van der Waals surface area contributed by atoms with Crippen molar-refractivity contribution >= 4 is 5.91 Å². The van der Waals surface area contributed by atoms with Crippen molar-refractivity contribution in [3.8, 4) is 11.5 Å². The van der Waals surface area contributed by atoms with E-state index in [0.29, 0.717) is 29.6 Å². The molecular weight excluding hydrogens is 312 g/mol. The highest BCUT2D eigenvalue weighted by Crippen LogP contribution is 2.11. The minimum atomic E-state index is -0.472. The van der Waals surface area contributed by atoms with Crippen LogP contribution < -0.4 is 10.7 Å². The van der Waals surface area contributed by atoms with E-state index in [4.69, 9.17) is 8.94 Å². The van der Waals surface area contributed by atoms with Crippen LogP contribution in [-0.4, -0.2) is 27.6 Å². The number of carbonyl (C=O) groups is 1. The summed E-state index contributed by atoms with van der Waals surface area (Å²) >= 11 is 0. The SMILES string of the molecule is Cc1cc(=O)cc(C(=O)NCCc2nc(-c3ccccn3)no2)o1. The summed E-state index contributed by atoms with van der Waals surface area (Å²) in [6.45, 7) is 1.87. The quantitative estimate of drug-likeness (QED) is 0.753. The van der Waals surface area contributed by atoms with Gasteiger partial charge in [-0.15, -0.1) is 0 Å². The Balaban J connectivity index is 1.58. The van der Waals surface area contributed by atoms with Crippen LogP contribution in [0.2, 0.25) is 0 Å². The monoisotopic (exact) mass is 326 g/mol. The van der Waals surface area contributed by atoms with Gasteiger partial charge in [-0.25, -0.2) is 0 Å². The Kier molecular flexibility index (Phi) is 4.46. The summed E-state index contributed by atoms with van der Waals surface area (Å²) in [6, 6.07) is 7.86. The minimum absolute atomic E-state index is 0.0281. The molecule has 1 amide bonds. The van der Waals surface area contributed by atoms with E-state index in [1.807, 2.05) is 6.07 Å². The molecule has 3 heterocycles. The van der Waals surface area contributed by atoms with Crippen molar-refractivity contribution in [2.24, 2.45) is 0 Å². The second-order valence-corrected chi connectivity index (χ2v) is 5.00. The van der Waals surface area contributed by atoms with Crippen molar-refractivity contribution in [2.45, 2.75) is 13.3 Å². The zero-order valence-corrected chi connectivity index (χ0v) is 12.9. The molecule has 0 unspecified atom stereocenters. The van der Waals surface area contributed by atoms with E-state index in [1.54, 1.807) is 25.3 Å². The number of carbonyl (C=O) groups excluding carboxylic acids is 1. The van der Waals surface area contributed by atoms with Gasteiger partial charge in [-0.05, 0) is 19.1 Å². The van der Waals surface area contributed by atoms with E-state index in [2.05, 4.69) is 20.4 Å². The van der Waals surface area contributed by atoms with Crippen molar-refractivity contribution in [3.63, 3.8) is 0 Å². The molecule has 1 N–H and O–H groups in total. The fraction of sp³-hybridized carbons (Fsp3) is 0.188. The zero-order valence-electron chi connectivity index (χ0n) is 12.9. The van der Waals surface area contributed by atoms with Gasteiger partial charge in [0.2, 0.25) is 11.7 Å². The first-order valence-corrected chi connectivity index (χ1v) is 7.26. The Morgan fingerprint density at radius 3 is 2.92 bits per heavy atom. The first-order valence-electron chi connectivity index (χ1n) is 7.26. The molecule has 0 aliphatic heterocycles. The molecule has 0 atom stereocenters. The second-order valence-electron chi connectivity index (χ2n) is 5.00. The number of nitrogens with zero attached hydrogens (tertiary/aromatic N) is 3. The maximum Gasteiger partial charge on any atom is 0.287 e. The maximum atomic E-state index is 11.9. The lowest BCUT2D eigenvalue weighted by atomic mass is 10.3. The molecule has 0 aliphatic rings. The standard InChI is InChI=1S/C16H14N4O4/c1-10-8-11(21)9-13(23-10)16(22)18-7-5-14-19-15(20-24-14)12-4-2-3-6-17-12/h2-4,6,8-9H,5,7H2,1H3,(H,18,22). The molecule has 3 rings (SSSR count). The topological polar surface area (TPSA) is 111 Å². The third kappa shape index (κ3) is 3.72. The number of hydrogen-bond donors (Lipinski definition) is 1. The number of rotatable bonds is 5. The van der Waals surface area contributed by atoms with Crippen molar-refractivity contribution in [3.05, 3.63) is 64.2 Å². The number of nitrogens with one attached hydrogen (secondary N) is 1. The Labute approximate surface area is 136 Å². The average molecular weight is 326 g/mol. The number of hydrogen-bond acceptors (Lipinski definition) is 7. The summed E-state index contributed by atoms with van der Waals surface area (Å²) in [6.07, 6.45) is 1.99. The van der Waals surface area contributed by atoms with Crippen molar-refractivity contribution in [1.29, 1.82) is 0 Å². The lowest BCUT2D eigenvalue weighted by Crippen LogP contribution is -2.26. The van der Waals surface area contributed by atoms with Gasteiger partial charge in [0.25, 0.3) is 5.91 Å². The lowest BCUT2D eigenvalue weighted by molar-refractivity contribution is 0.0921. The van der Waals surface area contributed by atoms with Gasteiger partial charge in [0.15, 0.2) is 11.2 Å². The van der Waals surface area contributed by atoms with Crippen molar-refractivity contribution < 1.29 is 13.7 Å². The Morgan fingerprint density at radius 1 is 1.29 bits per heavy atom. The van der Waals surface area contributed by atoms with E-state index in [9.17, 15) is 9.59 Å². The number of aromatic nitrogens is 3. The van der Waals surface area contributed by atoms with Crippen LogP contribution in [0.15, 0.2) is 50.3 Å². The Morgan fingerprint density at radius 2 is 2.17 bits per heavy atom. The number of pyridine rings is 1. The summed E-state index contributed by atoms with van der Waals surface area (Å²) in [4.78, 5) is 31.7. The summed E-state index contributed by atoms with van der Waals surface area (Å²) < 4.78 is 10.3.